The van der Waals surface area contributed by atoms with E-state index in [0.717, 1.165) is 0 Å². The molecule has 96 valence electrons. The zero-order chi connectivity index (χ0) is 12.4. The fourth-order valence-corrected chi connectivity index (χ4v) is 2.61. The standard InChI is InChI=1S/C14H30N2/c1-7-14(6,8-2)16-11-9-15(10-12-16)13(3,4)5/h7-12H2,1-6H3. The van der Waals surface area contributed by atoms with Crippen LogP contribution in [0.4, 0.5) is 0 Å². The Morgan fingerprint density at radius 3 is 1.44 bits per heavy atom. The molecule has 1 aliphatic rings. The molecule has 1 rings (SSSR count). The monoisotopic (exact) mass is 226 g/mol. The molecule has 0 aromatic rings. The van der Waals surface area contributed by atoms with E-state index in [1.807, 2.05) is 0 Å². The van der Waals surface area contributed by atoms with Crippen LogP contribution in [0.5, 0.6) is 0 Å². The lowest BCUT2D eigenvalue weighted by Gasteiger charge is -2.48. The Balaban J connectivity index is 2.55. The highest BCUT2D eigenvalue weighted by atomic mass is 15.3. The van der Waals surface area contributed by atoms with E-state index in [1.165, 1.54) is 39.0 Å². The minimum Gasteiger partial charge on any atom is -0.296 e. The first kappa shape index (κ1) is 14.0. The second-order valence-corrected chi connectivity index (χ2v) is 6.35. The summed E-state index contributed by atoms with van der Waals surface area (Å²) in [6.45, 7) is 18.9. The van der Waals surface area contributed by atoms with E-state index in [4.69, 9.17) is 0 Å². The molecule has 1 saturated heterocycles. The highest BCUT2D eigenvalue weighted by Gasteiger charge is 2.33. The predicted molar refractivity (Wildman–Crippen MR) is 71.9 cm³/mol. The minimum absolute atomic E-state index is 0.334. The summed E-state index contributed by atoms with van der Waals surface area (Å²) in [4.78, 5) is 5.30. The fraction of sp³-hybridized carbons (Fsp3) is 1.00. The molecule has 0 aliphatic carbocycles. The van der Waals surface area contributed by atoms with Crippen molar-refractivity contribution in [2.75, 3.05) is 26.2 Å². The Morgan fingerprint density at radius 2 is 1.12 bits per heavy atom. The van der Waals surface area contributed by atoms with Gasteiger partial charge in [-0.05, 0) is 40.5 Å². The van der Waals surface area contributed by atoms with E-state index >= 15 is 0 Å². The van der Waals surface area contributed by atoms with Crippen LogP contribution in [0.15, 0.2) is 0 Å². The number of piperazine rings is 1. The van der Waals surface area contributed by atoms with Gasteiger partial charge < -0.3 is 0 Å². The van der Waals surface area contributed by atoms with Gasteiger partial charge in [0.2, 0.25) is 0 Å². The van der Waals surface area contributed by atoms with E-state index in [2.05, 4.69) is 51.3 Å². The van der Waals surface area contributed by atoms with E-state index in [1.54, 1.807) is 0 Å². The van der Waals surface area contributed by atoms with Gasteiger partial charge in [0.05, 0.1) is 0 Å². The van der Waals surface area contributed by atoms with E-state index in [-0.39, 0.29) is 0 Å². The summed E-state index contributed by atoms with van der Waals surface area (Å²) in [5.74, 6) is 0. The van der Waals surface area contributed by atoms with E-state index < -0.39 is 0 Å². The van der Waals surface area contributed by atoms with Crippen LogP contribution in [-0.4, -0.2) is 47.1 Å². The van der Waals surface area contributed by atoms with Gasteiger partial charge in [-0.15, -0.1) is 0 Å². The first-order chi connectivity index (χ1) is 7.33. The van der Waals surface area contributed by atoms with Crippen LogP contribution in [0, 0.1) is 0 Å². The molecule has 0 atom stereocenters. The van der Waals surface area contributed by atoms with Crippen molar-refractivity contribution < 1.29 is 0 Å². The topological polar surface area (TPSA) is 6.48 Å². The molecule has 1 heterocycles. The van der Waals surface area contributed by atoms with Crippen LogP contribution in [-0.2, 0) is 0 Å². The van der Waals surface area contributed by atoms with Crippen molar-refractivity contribution in [3.05, 3.63) is 0 Å². The third-order valence-electron chi connectivity index (χ3n) is 4.52. The summed E-state index contributed by atoms with van der Waals surface area (Å²) in [5.41, 5.74) is 0.755. The van der Waals surface area contributed by atoms with Crippen LogP contribution < -0.4 is 0 Å². The normalized spacial score (nSPS) is 21.4. The molecule has 16 heavy (non-hydrogen) atoms. The lowest BCUT2D eigenvalue weighted by molar-refractivity contribution is 0.00446. The predicted octanol–water partition coefficient (Wildman–Crippen LogP) is 2.98. The fourth-order valence-electron chi connectivity index (χ4n) is 2.61. The number of nitrogens with zero attached hydrogens (tertiary/aromatic N) is 2. The number of hydrogen-bond donors (Lipinski definition) is 0. The number of rotatable bonds is 3. The summed E-state index contributed by atoms with van der Waals surface area (Å²) in [7, 11) is 0. The summed E-state index contributed by atoms with van der Waals surface area (Å²) < 4.78 is 0. The Morgan fingerprint density at radius 1 is 0.750 bits per heavy atom. The van der Waals surface area contributed by atoms with Crippen molar-refractivity contribution in [1.29, 1.82) is 0 Å². The molecular formula is C14H30N2. The second-order valence-electron chi connectivity index (χ2n) is 6.35. The highest BCUT2D eigenvalue weighted by molar-refractivity contribution is 4.89. The van der Waals surface area contributed by atoms with Crippen LogP contribution in [0.3, 0.4) is 0 Å². The van der Waals surface area contributed by atoms with Crippen LogP contribution in [0.1, 0.15) is 54.4 Å². The lowest BCUT2D eigenvalue weighted by Crippen LogP contribution is -2.58. The zero-order valence-electron chi connectivity index (χ0n) is 12.1. The molecule has 0 unspecified atom stereocenters. The first-order valence-corrected chi connectivity index (χ1v) is 6.83. The van der Waals surface area contributed by atoms with Crippen molar-refractivity contribution in [3.8, 4) is 0 Å². The third kappa shape index (κ3) is 2.98. The van der Waals surface area contributed by atoms with Gasteiger partial charge in [-0.25, -0.2) is 0 Å². The largest absolute Gasteiger partial charge is 0.296 e. The SMILES string of the molecule is CCC(C)(CC)N1CCN(C(C)(C)C)CC1. The average molecular weight is 226 g/mol. The molecule has 2 heteroatoms. The quantitative estimate of drug-likeness (QED) is 0.730. The molecule has 0 spiro atoms. The Kier molecular flexibility index (Phi) is 4.42. The minimum atomic E-state index is 0.334. The molecule has 1 aliphatic heterocycles. The Hall–Kier alpha value is -0.0800. The maximum atomic E-state index is 2.69. The lowest BCUT2D eigenvalue weighted by atomic mass is 9.92. The van der Waals surface area contributed by atoms with Crippen molar-refractivity contribution in [2.45, 2.75) is 65.5 Å². The first-order valence-electron chi connectivity index (χ1n) is 6.83. The summed E-state index contributed by atoms with van der Waals surface area (Å²) in [6.07, 6.45) is 2.53. The zero-order valence-corrected chi connectivity index (χ0v) is 12.1. The number of hydrogen-bond acceptors (Lipinski definition) is 2. The molecule has 0 bridgehead atoms. The molecule has 0 saturated carbocycles. The van der Waals surface area contributed by atoms with Crippen LogP contribution in [0.25, 0.3) is 0 Å². The maximum Gasteiger partial charge on any atom is 0.0177 e. The molecule has 0 N–H and O–H groups in total. The maximum absolute atomic E-state index is 2.69. The average Bonchev–Trinajstić information content (AvgIpc) is 2.27. The van der Waals surface area contributed by atoms with Crippen molar-refractivity contribution >= 4 is 0 Å². The molecule has 0 aromatic heterocycles. The Bertz CT molecular complexity index is 205. The molecule has 1 fully saturated rings. The summed E-state index contributed by atoms with van der Waals surface area (Å²) in [6, 6.07) is 0. The van der Waals surface area contributed by atoms with E-state index in [9.17, 15) is 0 Å². The third-order valence-corrected chi connectivity index (χ3v) is 4.52. The molecule has 0 aromatic carbocycles. The van der Waals surface area contributed by atoms with E-state index in [0.29, 0.717) is 11.1 Å². The molecule has 0 radical (unpaired) electrons. The molecule has 0 amide bonds. The van der Waals surface area contributed by atoms with Gasteiger partial charge >= 0.3 is 0 Å². The van der Waals surface area contributed by atoms with Crippen LogP contribution in [0.2, 0.25) is 0 Å². The van der Waals surface area contributed by atoms with Gasteiger partial charge in [0, 0.05) is 37.3 Å². The van der Waals surface area contributed by atoms with Gasteiger partial charge in [0.25, 0.3) is 0 Å². The van der Waals surface area contributed by atoms with Crippen molar-refractivity contribution in [2.24, 2.45) is 0 Å². The molecule has 2 nitrogen and oxygen atoms in total. The molecular weight excluding hydrogens is 196 g/mol. The summed E-state index contributed by atoms with van der Waals surface area (Å²) in [5, 5.41) is 0. The van der Waals surface area contributed by atoms with Gasteiger partial charge in [-0.3, -0.25) is 9.80 Å². The Labute approximate surface area is 102 Å². The van der Waals surface area contributed by atoms with Crippen molar-refractivity contribution in [1.82, 2.24) is 9.80 Å². The smallest absolute Gasteiger partial charge is 0.0177 e. The van der Waals surface area contributed by atoms with Gasteiger partial charge in [-0.1, -0.05) is 13.8 Å². The second kappa shape index (κ2) is 5.05. The van der Waals surface area contributed by atoms with Gasteiger partial charge in [-0.2, -0.15) is 0 Å². The van der Waals surface area contributed by atoms with Crippen LogP contribution >= 0.6 is 0 Å². The summed E-state index contributed by atoms with van der Waals surface area (Å²) >= 11 is 0. The van der Waals surface area contributed by atoms with Gasteiger partial charge in [0.1, 0.15) is 0 Å². The highest BCUT2D eigenvalue weighted by Crippen LogP contribution is 2.26. The van der Waals surface area contributed by atoms with Crippen molar-refractivity contribution in [3.63, 3.8) is 0 Å². The van der Waals surface area contributed by atoms with Gasteiger partial charge in [0.15, 0.2) is 0 Å².